The summed E-state index contributed by atoms with van der Waals surface area (Å²) in [6.07, 6.45) is -2.46. The zero-order valence-electron chi connectivity index (χ0n) is 43.5. The molecule has 16 N–H and O–H groups in total. The zero-order chi connectivity index (χ0) is 56.2. The van der Waals surface area contributed by atoms with Crippen LogP contribution in [0.1, 0.15) is 141 Å². The van der Waals surface area contributed by atoms with Gasteiger partial charge in [0.15, 0.2) is 6.23 Å². The van der Waals surface area contributed by atoms with E-state index in [1.54, 1.807) is 0 Å². The van der Waals surface area contributed by atoms with Gasteiger partial charge in [-0.3, -0.25) is 38.4 Å². The molecule has 14 atom stereocenters. The van der Waals surface area contributed by atoms with Crippen LogP contribution in [0.4, 0.5) is 0 Å². The third-order valence-corrected chi connectivity index (χ3v) is 14.4. The Morgan fingerprint density at radius 2 is 1.28 bits per heavy atom. The molecule has 0 aliphatic carbocycles. The number of primary amides is 1. The minimum absolute atomic E-state index is 0.0674. The SMILES string of the molecule is CCCCCCCCCCCCCCCC(=O)NC1CC(O)C(O)NC(=O)C2CN(C(=O)C(CCC(N)=O)NC(=O)C(C(O)C(O)c3ccc(O)cc3)NC(=O)C3CC(O)CN3C(=O)C(C(C)O)NC1=O)C(CO)C2O. The van der Waals surface area contributed by atoms with Crippen LogP contribution in [0.15, 0.2) is 24.3 Å². The number of nitrogens with zero attached hydrogens (tertiary/aromatic N) is 2. The predicted molar refractivity (Wildman–Crippen MR) is 270 cm³/mol. The molecule has 14 unspecified atom stereocenters. The Kier molecular flexibility index (Phi) is 25.7. The van der Waals surface area contributed by atoms with Gasteiger partial charge in [0.05, 0.1) is 36.9 Å². The van der Waals surface area contributed by atoms with Gasteiger partial charge >= 0.3 is 0 Å². The van der Waals surface area contributed by atoms with Crippen LogP contribution in [0.2, 0.25) is 0 Å². The van der Waals surface area contributed by atoms with Crippen molar-refractivity contribution in [1.82, 2.24) is 36.4 Å². The topological polar surface area (TPSA) is 411 Å². The zero-order valence-corrected chi connectivity index (χ0v) is 43.5. The van der Waals surface area contributed by atoms with E-state index in [4.69, 9.17) is 5.73 Å². The number of aromatic hydroxyl groups is 1. The lowest BCUT2D eigenvalue weighted by molar-refractivity contribution is -0.146. The molecule has 0 aromatic heterocycles. The molecule has 0 spiro atoms. The Morgan fingerprint density at radius 1 is 0.697 bits per heavy atom. The lowest BCUT2D eigenvalue weighted by atomic mass is 9.96. The van der Waals surface area contributed by atoms with E-state index in [1.165, 1.54) is 50.7 Å². The van der Waals surface area contributed by atoms with Crippen molar-refractivity contribution in [3.63, 3.8) is 0 Å². The highest BCUT2D eigenvalue weighted by atomic mass is 16.3. The van der Waals surface area contributed by atoms with Gasteiger partial charge in [-0.25, -0.2) is 0 Å². The molecule has 1 aromatic carbocycles. The summed E-state index contributed by atoms with van der Waals surface area (Å²) in [6, 6.07) is -6.32. The van der Waals surface area contributed by atoms with Crippen molar-refractivity contribution in [1.29, 1.82) is 0 Å². The van der Waals surface area contributed by atoms with E-state index >= 15 is 0 Å². The molecular formula is C51H82N8O17. The summed E-state index contributed by atoms with van der Waals surface area (Å²) in [4.78, 5) is 112. The van der Waals surface area contributed by atoms with Crippen LogP contribution >= 0.6 is 0 Å². The van der Waals surface area contributed by atoms with Gasteiger partial charge in [0.25, 0.3) is 0 Å². The Hall–Kier alpha value is -5.54. The fraction of sp³-hybridized carbons (Fsp3) is 0.725. The smallest absolute Gasteiger partial charge is 0.248 e. The van der Waals surface area contributed by atoms with E-state index in [9.17, 15) is 84.3 Å². The van der Waals surface area contributed by atoms with E-state index < -0.39 is 178 Å². The molecule has 3 aliphatic heterocycles. The van der Waals surface area contributed by atoms with Gasteiger partial charge in [0, 0.05) is 38.8 Å². The highest BCUT2D eigenvalue weighted by Gasteiger charge is 2.50. The van der Waals surface area contributed by atoms with Crippen LogP contribution < -0.4 is 32.3 Å². The van der Waals surface area contributed by atoms with E-state index in [0.29, 0.717) is 12.8 Å². The number of aliphatic hydroxyl groups excluding tert-OH is 8. The van der Waals surface area contributed by atoms with Crippen molar-refractivity contribution in [3.05, 3.63) is 29.8 Å². The molecule has 2 bridgehead atoms. The minimum Gasteiger partial charge on any atom is -0.508 e. The summed E-state index contributed by atoms with van der Waals surface area (Å²) in [5, 5.41) is 110. The maximum atomic E-state index is 14.4. The highest BCUT2D eigenvalue weighted by Crippen LogP contribution is 2.28. The van der Waals surface area contributed by atoms with Gasteiger partial charge in [-0.05, 0) is 37.5 Å². The Labute approximate surface area is 442 Å². The molecule has 428 valence electrons. The number of hydrogen-bond donors (Lipinski definition) is 15. The monoisotopic (exact) mass is 1080 g/mol. The first-order valence-corrected chi connectivity index (χ1v) is 26.7. The molecule has 25 nitrogen and oxygen atoms in total. The number of amides is 8. The van der Waals surface area contributed by atoms with Gasteiger partial charge in [-0.1, -0.05) is 96.1 Å². The number of benzene rings is 1. The second-order valence-corrected chi connectivity index (χ2v) is 20.4. The fourth-order valence-electron chi connectivity index (χ4n) is 9.87. The summed E-state index contributed by atoms with van der Waals surface area (Å²) in [5.41, 5.74) is 5.31. The molecule has 76 heavy (non-hydrogen) atoms. The number of hydrogen-bond acceptors (Lipinski definition) is 17. The maximum absolute atomic E-state index is 14.4. The maximum Gasteiger partial charge on any atom is 0.248 e. The largest absolute Gasteiger partial charge is 0.508 e. The average molecular weight is 1080 g/mol. The van der Waals surface area contributed by atoms with Crippen molar-refractivity contribution in [2.24, 2.45) is 11.7 Å². The molecule has 3 saturated heterocycles. The highest BCUT2D eigenvalue weighted by molar-refractivity contribution is 5.97. The van der Waals surface area contributed by atoms with Gasteiger partial charge in [-0.2, -0.15) is 0 Å². The molecule has 0 saturated carbocycles. The number of phenols is 1. The number of fused-ring (bicyclic) bond motifs is 3. The summed E-state index contributed by atoms with van der Waals surface area (Å²) in [6.45, 7) is 1.06. The average Bonchev–Trinajstić information content (AvgIpc) is 3.94. The van der Waals surface area contributed by atoms with Crippen LogP contribution in [-0.4, -0.2) is 196 Å². The lowest BCUT2D eigenvalue weighted by Gasteiger charge is -2.34. The van der Waals surface area contributed by atoms with E-state index in [1.807, 2.05) is 0 Å². The summed E-state index contributed by atoms with van der Waals surface area (Å²) in [5.74, 6) is -10.7. The first-order valence-electron chi connectivity index (χ1n) is 26.7. The number of nitrogens with one attached hydrogen (secondary N) is 5. The van der Waals surface area contributed by atoms with Crippen molar-refractivity contribution < 1.29 is 84.3 Å². The number of rotatable bonds is 23. The third kappa shape index (κ3) is 18.3. The molecule has 3 heterocycles. The first kappa shape index (κ1) is 63.0. The number of unbranched alkanes of at least 4 members (excludes halogenated alkanes) is 12. The van der Waals surface area contributed by atoms with Crippen LogP contribution in [0, 0.1) is 5.92 Å². The quantitative estimate of drug-likeness (QED) is 0.0492. The van der Waals surface area contributed by atoms with Gasteiger partial charge in [0.2, 0.25) is 47.3 Å². The Balaban J connectivity index is 1.66. The van der Waals surface area contributed by atoms with Crippen LogP contribution in [-0.2, 0) is 38.4 Å². The number of carbonyl (C=O) groups is 8. The summed E-state index contributed by atoms with van der Waals surface area (Å²) in [7, 11) is 0. The summed E-state index contributed by atoms with van der Waals surface area (Å²) < 4.78 is 0. The van der Waals surface area contributed by atoms with E-state index in [0.717, 1.165) is 61.0 Å². The molecule has 3 aliphatic rings. The van der Waals surface area contributed by atoms with Gasteiger partial charge in [-0.15, -0.1) is 0 Å². The van der Waals surface area contributed by atoms with Crippen LogP contribution in [0.3, 0.4) is 0 Å². The Bertz CT molecular complexity index is 2090. The van der Waals surface area contributed by atoms with Crippen LogP contribution in [0.25, 0.3) is 0 Å². The summed E-state index contributed by atoms with van der Waals surface area (Å²) >= 11 is 0. The molecular weight excluding hydrogens is 997 g/mol. The Morgan fingerprint density at radius 3 is 1.84 bits per heavy atom. The lowest BCUT2D eigenvalue weighted by Crippen LogP contribution is -2.63. The molecule has 8 amide bonds. The van der Waals surface area contributed by atoms with Crippen molar-refractivity contribution >= 4 is 47.3 Å². The third-order valence-electron chi connectivity index (χ3n) is 14.4. The second-order valence-electron chi connectivity index (χ2n) is 20.4. The first-order chi connectivity index (χ1) is 36.1. The predicted octanol–water partition coefficient (Wildman–Crippen LogP) is -2.81. The molecule has 0 radical (unpaired) electrons. The number of nitrogens with two attached hydrogens (primary N) is 1. The molecule has 1 aromatic rings. The van der Waals surface area contributed by atoms with Crippen molar-refractivity contribution in [2.75, 3.05) is 19.7 Å². The molecule has 25 heteroatoms. The number of phenolic OH excluding ortho intramolecular Hbond substituents is 1. The van der Waals surface area contributed by atoms with Crippen molar-refractivity contribution in [3.8, 4) is 5.75 Å². The fourth-order valence-corrected chi connectivity index (χ4v) is 9.87. The standard InChI is InChI=1S/C51H82N8O17/c1-3-4-5-6-7-8-9-10-11-12-13-14-15-16-39(66)53-34-24-37(64)48(73)57-45(70)32-26-59(36(27-60)43(32)68)50(75)33(21-22-38(52)65)54-49(74)41(44(69)42(67)29-17-19-30(62)20-18-29)56-47(72)35-23-31(63)25-58(35)51(76)40(28(2)61)55-46(34)71/h17-20,28,31-37,40-44,48,60-64,67-69,73H,3-16,21-27H2,1-2H3,(H2,52,65)(H,53,66)(H,54,74)(H,55,71)(H,56,72)(H,57,70). The molecule has 4 rings (SSSR count). The van der Waals surface area contributed by atoms with Crippen molar-refractivity contribution in [2.45, 2.75) is 209 Å². The van der Waals surface area contributed by atoms with Crippen LogP contribution in [0.5, 0.6) is 5.75 Å². The number of aliphatic hydroxyl groups is 8. The molecule has 3 fully saturated rings. The second kappa shape index (κ2) is 31.0. The number of carbonyl (C=O) groups excluding carboxylic acids is 8. The van der Waals surface area contributed by atoms with E-state index in [2.05, 4.69) is 33.5 Å². The normalized spacial score (nSPS) is 28.5. The van der Waals surface area contributed by atoms with Gasteiger partial charge < -0.3 is 88.1 Å². The minimum atomic E-state index is -2.30. The van der Waals surface area contributed by atoms with E-state index in [-0.39, 0.29) is 17.7 Å². The van der Waals surface area contributed by atoms with Gasteiger partial charge in [0.1, 0.15) is 54.3 Å².